The van der Waals surface area contributed by atoms with Gasteiger partial charge in [-0.05, 0) is 96.3 Å². The van der Waals surface area contributed by atoms with E-state index in [1.54, 1.807) is 0 Å². The highest BCUT2D eigenvalue weighted by Crippen LogP contribution is 2.16. The Hall–Kier alpha value is -3.41. The molecule has 1 unspecified atom stereocenters. The summed E-state index contributed by atoms with van der Waals surface area (Å²) in [5, 5.41) is 0. The summed E-state index contributed by atoms with van der Waals surface area (Å²) in [4.78, 5) is 38.3. The van der Waals surface area contributed by atoms with E-state index in [0.717, 1.165) is 116 Å². The van der Waals surface area contributed by atoms with E-state index in [4.69, 9.17) is 14.2 Å². The van der Waals surface area contributed by atoms with Crippen molar-refractivity contribution in [3.05, 3.63) is 85.1 Å². The van der Waals surface area contributed by atoms with Crippen LogP contribution in [0.5, 0.6) is 0 Å². The van der Waals surface area contributed by atoms with Gasteiger partial charge in [0.1, 0.15) is 13.2 Å². The van der Waals surface area contributed by atoms with Gasteiger partial charge < -0.3 is 14.2 Å². The van der Waals surface area contributed by atoms with Gasteiger partial charge in [-0.25, -0.2) is 0 Å². The van der Waals surface area contributed by atoms with E-state index < -0.39 is 6.10 Å². The molecule has 0 aliphatic heterocycles. The minimum atomic E-state index is -0.785. The van der Waals surface area contributed by atoms with Gasteiger partial charge >= 0.3 is 17.9 Å². The van der Waals surface area contributed by atoms with Crippen molar-refractivity contribution in [1.82, 2.24) is 0 Å². The van der Waals surface area contributed by atoms with Crippen molar-refractivity contribution in [2.75, 3.05) is 13.2 Å². The van der Waals surface area contributed by atoms with Crippen molar-refractivity contribution in [3.8, 4) is 0 Å². The van der Waals surface area contributed by atoms with Crippen LogP contribution in [0, 0.1) is 0 Å². The predicted molar refractivity (Wildman–Crippen MR) is 316 cm³/mol. The molecule has 420 valence electrons. The van der Waals surface area contributed by atoms with Crippen LogP contribution in [0.4, 0.5) is 0 Å². The predicted octanol–water partition coefficient (Wildman–Crippen LogP) is 21.1. The Bertz CT molecular complexity index is 1400. The smallest absolute Gasteiger partial charge is 0.306 e. The number of esters is 3. The molecular formula is C67H116O6. The lowest BCUT2D eigenvalue weighted by atomic mass is 10.0. The third kappa shape index (κ3) is 59.3. The van der Waals surface area contributed by atoms with Crippen molar-refractivity contribution in [2.24, 2.45) is 0 Å². The van der Waals surface area contributed by atoms with Crippen LogP contribution in [0.2, 0.25) is 0 Å². The van der Waals surface area contributed by atoms with E-state index in [0.29, 0.717) is 19.3 Å². The van der Waals surface area contributed by atoms with E-state index in [-0.39, 0.29) is 31.1 Å². The van der Waals surface area contributed by atoms with Crippen LogP contribution in [-0.2, 0) is 28.6 Å². The first-order valence-electron chi connectivity index (χ1n) is 31.1. The molecule has 1 atom stereocenters. The van der Waals surface area contributed by atoms with Gasteiger partial charge in [0.2, 0.25) is 0 Å². The molecule has 0 aromatic carbocycles. The minimum absolute atomic E-state index is 0.0830. The molecule has 0 amide bonds. The summed E-state index contributed by atoms with van der Waals surface area (Å²) in [6, 6.07) is 0. The second-order valence-electron chi connectivity index (χ2n) is 20.6. The maximum absolute atomic E-state index is 12.9. The van der Waals surface area contributed by atoms with E-state index in [2.05, 4.69) is 106 Å². The van der Waals surface area contributed by atoms with Gasteiger partial charge in [0, 0.05) is 19.3 Å². The van der Waals surface area contributed by atoms with Crippen LogP contribution < -0.4 is 0 Å². The molecule has 0 saturated heterocycles. The van der Waals surface area contributed by atoms with E-state index in [1.807, 2.05) is 0 Å². The van der Waals surface area contributed by atoms with Gasteiger partial charge in [-0.2, -0.15) is 0 Å². The lowest BCUT2D eigenvalue weighted by Crippen LogP contribution is -2.30. The summed E-state index contributed by atoms with van der Waals surface area (Å²) >= 11 is 0. The molecule has 0 aliphatic rings. The highest BCUT2D eigenvalue weighted by atomic mass is 16.6. The number of hydrogen-bond acceptors (Lipinski definition) is 6. The first-order valence-corrected chi connectivity index (χ1v) is 31.1. The molecule has 0 saturated carbocycles. The van der Waals surface area contributed by atoms with Crippen molar-refractivity contribution >= 4 is 17.9 Å². The molecule has 0 aliphatic carbocycles. The van der Waals surface area contributed by atoms with Gasteiger partial charge in [0.15, 0.2) is 6.10 Å². The molecule has 0 radical (unpaired) electrons. The Morgan fingerprint density at radius 3 is 0.849 bits per heavy atom. The highest BCUT2D eigenvalue weighted by molar-refractivity contribution is 5.71. The van der Waals surface area contributed by atoms with Gasteiger partial charge in [-0.1, -0.05) is 273 Å². The molecule has 0 bridgehead atoms. The molecule has 0 aromatic rings. The lowest BCUT2D eigenvalue weighted by molar-refractivity contribution is -0.167. The summed E-state index contributed by atoms with van der Waals surface area (Å²) in [5.41, 5.74) is 0. The molecule has 6 nitrogen and oxygen atoms in total. The van der Waals surface area contributed by atoms with Crippen LogP contribution in [0.3, 0.4) is 0 Å². The van der Waals surface area contributed by atoms with Gasteiger partial charge in [0.25, 0.3) is 0 Å². The van der Waals surface area contributed by atoms with E-state index in [1.165, 1.54) is 148 Å². The highest BCUT2D eigenvalue weighted by Gasteiger charge is 2.19. The Kier molecular flexibility index (Phi) is 58.3. The van der Waals surface area contributed by atoms with Crippen molar-refractivity contribution in [1.29, 1.82) is 0 Å². The molecule has 0 rings (SSSR count). The molecule has 73 heavy (non-hydrogen) atoms. The van der Waals surface area contributed by atoms with Gasteiger partial charge in [0.05, 0.1) is 0 Å². The van der Waals surface area contributed by atoms with Crippen LogP contribution >= 0.6 is 0 Å². The van der Waals surface area contributed by atoms with E-state index in [9.17, 15) is 14.4 Å². The quantitative estimate of drug-likeness (QED) is 0.0261. The summed E-state index contributed by atoms with van der Waals surface area (Å²) in [5.74, 6) is -0.893. The van der Waals surface area contributed by atoms with Crippen LogP contribution in [0.25, 0.3) is 0 Å². The zero-order valence-corrected chi connectivity index (χ0v) is 48.1. The van der Waals surface area contributed by atoms with Crippen molar-refractivity contribution < 1.29 is 28.6 Å². The maximum Gasteiger partial charge on any atom is 0.306 e. The zero-order valence-electron chi connectivity index (χ0n) is 48.1. The number of hydrogen-bond donors (Lipinski definition) is 0. The average molecular weight is 1020 g/mol. The molecule has 0 aromatic heterocycles. The number of unbranched alkanes of at least 4 members (excludes halogenated alkanes) is 31. The zero-order chi connectivity index (χ0) is 52.9. The topological polar surface area (TPSA) is 78.9 Å². The van der Waals surface area contributed by atoms with Crippen molar-refractivity contribution in [3.63, 3.8) is 0 Å². The lowest BCUT2D eigenvalue weighted by Gasteiger charge is -2.18. The fourth-order valence-corrected chi connectivity index (χ4v) is 8.74. The van der Waals surface area contributed by atoms with Crippen LogP contribution in [0.15, 0.2) is 85.1 Å². The number of rotatable bonds is 56. The molecular weight excluding hydrogens is 901 g/mol. The van der Waals surface area contributed by atoms with Crippen molar-refractivity contribution in [2.45, 2.75) is 309 Å². The maximum atomic E-state index is 12.9. The largest absolute Gasteiger partial charge is 0.462 e. The number of carbonyl (C=O) groups excluding carboxylic acids is 3. The van der Waals surface area contributed by atoms with E-state index >= 15 is 0 Å². The Morgan fingerprint density at radius 1 is 0.288 bits per heavy atom. The summed E-state index contributed by atoms with van der Waals surface area (Å²) in [7, 11) is 0. The summed E-state index contributed by atoms with van der Waals surface area (Å²) in [6.45, 7) is 6.53. The number of allylic oxidation sites excluding steroid dienone is 14. The Balaban J connectivity index is 4.36. The summed E-state index contributed by atoms with van der Waals surface area (Å²) in [6.07, 6.45) is 80.0. The van der Waals surface area contributed by atoms with Crippen LogP contribution in [0.1, 0.15) is 303 Å². The first-order chi connectivity index (χ1) is 36.0. The standard InChI is InChI=1S/C67H116O6/c1-4-7-10-13-16-19-22-25-28-30-31-32-33-34-35-36-37-38-40-42-45-48-51-54-57-60-66(69)72-63-64(62-71-65(68)59-56-53-50-47-44-41-27-24-21-18-15-12-9-6-3)73-67(70)61-58-55-52-49-46-43-39-29-26-23-20-17-14-11-8-5-2/h7,10,16,19,24-25,27-28,31-32,34-35,37-38,64H,4-6,8-9,11-15,17-18,20-23,26,29-30,33,36,39-63H2,1-3H3/b10-7-,19-16-,27-24-,28-25-,32-31-,35-34-,38-37-. The molecule has 0 heterocycles. The van der Waals surface area contributed by atoms with Gasteiger partial charge in [-0.15, -0.1) is 0 Å². The molecule has 0 fully saturated rings. The number of ether oxygens (including phenoxy) is 3. The molecule has 0 spiro atoms. The summed E-state index contributed by atoms with van der Waals surface area (Å²) < 4.78 is 16.9. The second-order valence-corrected chi connectivity index (χ2v) is 20.6. The van der Waals surface area contributed by atoms with Gasteiger partial charge in [-0.3, -0.25) is 14.4 Å². The molecule has 6 heteroatoms. The minimum Gasteiger partial charge on any atom is -0.462 e. The SMILES string of the molecule is CC/C=C\C/C=C\C/C=C\C/C=C\C/C=C\C/C=C\CCCCCCCCC(=O)OCC(COC(=O)CCCCCCC/C=C\CCCCCCC)OC(=O)CCCCCCCCCCCCCCCCCC. The average Bonchev–Trinajstić information content (AvgIpc) is 3.39. The fourth-order valence-electron chi connectivity index (χ4n) is 8.74. The Morgan fingerprint density at radius 2 is 0.534 bits per heavy atom. The molecule has 0 N–H and O–H groups in total. The normalized spacial score (nSPS) is 12.6. The third-order valence-electron chi connectivity index (χ3n) is 13.4. The third-order valence-corrected chi connectivity index (χ3v) is 13.4. The number of carbonyl (C=O) groups is 3. The first kappa shape index (κ1) is 69.6. The monoisotopic (exact) mass is 1020 g/mol. The van der Waals surface area contributed by atoms with Crippen LogP contribution in [-0.4, -0.2) is 37.2 Å². The Labute approximate surface area is 452 Å². The second kappa shape index (κ2) is 61.1. The fraction of sp³-hybridized carbons (Fsp3) is 0.746.